The predicted molar refractivity (Wildman–Crippen MR) is 43.8 cm³/mol. The van der Waals surface area contributed by atoms with Gasteiger partial charge in [-0.1, -0.05) is 26.2 Å². The second-order valence-corrected chi connectivity index (χ2v) is 2.64. The summed E-state index contributed by atoms with van der Waals surface area (Å²) in [6.45, 7) is 2.22. The minimum Gasteiger partial charge on any atom is -0.127 e. The van der Waals surface area contributed by atoms with Crippen molar-refractivity contribution < 1.29 is 0 Å². The van der Waals surface area contributed by atoms with Crippen LogP contribution in [0.25, 0.3) is 0 Å². The lowest BCUT2D eigenvalue weighted by atomic mass is 10.1. The standard InChI is InChI=1S/C8H16Cl/c1-2-3-4-5-6-7-8-9/h5H,2-4,6-8H2,1H3. The minimum absolute atomic E-state index is 0.808. The molecule has 0 amide bonds. The lowest BCUT2D eigenvalue weighted by molar-refractivity contribution is 0.738. The van der Waals surface area contributed by atoms with Crippen LogP contribution >= 0.6 is 11.6 Å². The van der Waals surface area contributed by atoms with E-state index in [0.29, 0.717) is 0 Å². The predicted octanol–water partition coefficient (Wildman–Crippen LogP) is 3.40. The lowest BCUT2D eigenvalue weighted by Crippen LogP contribution is -1.79. The van der Waals surface area contributed by atoms with Gasteiger partial charge in [0.15, 0.2) is 0 Å². The number of hydrogen-bond donors (Lipinski definition) is 0. The van der Waals surface area contributed by atoms with Crippen molar-refractivity contribution in [2.45, 2.75) is 39.0 Å². The summed E-state index contributed by atoms with van der Waals surface area (Å²) in [6, 6.07) is 0. The first-order valence-corrected chi connectivity index (χ1v) is 4.33. The molecule has 0 atom stereocenters. The third kappa shape index (κ3) is 8.29. The number of halogens is 1. The van der Waals surface area contributed by atoms with Gasteiger partial charge in [-0.2, -0.15) is 0 Å². The molecular formula is C8H16Cl. The van der Waals surface area contributed by atoms with Gasteiger partial charge in [-0.05, 0) is 19.3 Å². The first-order chi connectivity index (χ1) is 4.41. The highest BCUT2D eigenvalue weighted by Crippen LogP contribution is 2.03. The molecule has 0 nitrogen and oxygen atoms in total. The first kappa shape index (κ1) is 9.29. The molecule has 0 spiro atoms. The third-order valence-electron chi connectivity index (χ3n) is 1.30. The topological polar surface area (TPSA) is 0 Å². The minimum atomic E-state index is 0.808. The summed E-state index contributed by atoms with van der Waals surface area (Å²) in [6.07, 6.45) is 8.59. The maximum absolute atomic E-state index is 5.49. The molecule has 0 saturated carbocycles. The number of unbranched alkanes of at least 4 members (excludes halogenated alkanes) is 5. The fourth-order valence-electron chi connectivity index (χ4n) is 0.714. The maximum atomic E-state index is 5.49. The van der Waals surface area contributed by atoms with Gasteiger partial charge in [-0.15, -0.1) is 11.6 Å². The van der Waals surface area contributed by atoms with Gasteiger partial charge in [-0.3, -0.25) is 0 Å². The summed E-state index contributed by atoms with van der Waals surface area (Å²) in [5.41, 5.74) is 0. The Balaban J connectivity index is 2.60. The highest BCUT2D eigenvalue weighted by molar-refractivity contribution is 6.17. The van der Waals surface area contributed by atoms with Crippen molar-refractivity contribution in [2.24, 2.45) is 0 Å². The van der Waals surface area contributed by atoms with Gasteiger partial charge in [0.05, 0.1) is 0 Å². The Morgan fingerprint density at radius 1 is 1.22 bits per heavy atom. The van der Waals surface area contributed by atoms with Gasteiger partial charge < -0.3 is 0 Å². The monoisotopic (exact) mass is 147 g/mol. The Kier molecular flexibility index (Phi) is 8.56. The summed E-state index contributed by atoms with van der Waals surface area (Å²) < 4.78 is 0. The van der Waals surface area contributed by atoms with Gasteiger partial charge in [0.25, 0.3) is 0 Å². The summed E-state index contributed by atoms with van der Waals surface area (Å²) in [7, 11) is 0. The van der Waals surface area contributed by atoms with Crippen LogP contribution in [0.5, 0.6) is 0 Å². The lowest BCUT2D eigenvalue weighted by Gasteiger charge is -1.95. The molecule has 0 N–H and O–H groups in total. The van der Waals surface area contributed by atoms with E-state index in [1.807, 2.05) is 0 Å². The van der Waals surface area contributed by atoms with Crippen LogP contribution in [0.4, 0.5) is 0 Å². The molecule has 0 aliphatic carbocycles. The Morgan fingerprint density at radius 2 is 1.89 bits per heavy atom. The molecule has 0 aliphatic rings. The van der Waals surface area contributed by atoms with Gasteiger partial charge in [-0.25, -0.2) is 0 Å². The summed E-state index contributed by atoms with van der Waals surface area (Å²) in [5.74, 6) is 0.808. The van der Waals surface area contributed by atoms with E-state index in [9.17, 15) is 0 Å². The van der Waals surface area contributed by atoms with Crippen LogP contribution in [-0.2, 0) is 0 Å². The fraction of sp³-hybridized carbons (Fsp3) is 0.875. The van der Waals surface area contributed by atoms with Crippen LogP contribution < -0.4 is 0 Å². The number of rotatable bonds is 6. The molecule has 1 heteroatoms. The van der Waals surface area contributed by atoms with E-state index >= 15 is 0 Å². The van der Waals surface area contributed by atoms with Crippen LogP contribution in [0.2, 0.25) is 0 Å². The van der Waals surface area contributed by atoms with Crippen molar-refractivity contribution in [3.05, 3.63) is 6.42 Å². The molecule has 0 aromatic carbocycles. The highest BCUT2D eigenvalue weighted by atomic mass is 35.5. The smallest absolute Gasteiger partial charge is 0.0223 e. The van der Waals surface area contributed by atoms with Crippen LogP contribution in [0.1, 0.15) is 39.0 Å². The second kappa shape index (κ2) is 8.29. The van der Waals surface area contributed by atoms with E-state index in [1.54, 1.807) is 0 Å². The van der Waals surface area contributed by atoms with Crippen molar-refractivity contribution in [1.82, 2.24) is 0 Å². The van der Waals surface area contributed by atoms with E-state index in [2.05, 4.69) is 13.3 Å². The Hall–Kier alpha value is 0.290. The molecule has 0 aromatic rings. The molecule has 0 saturated heterocycles. The summed E-state index contributed by atoms with van der Waals surface area (Å²) in [5, 5.41) is 0. The molecule has 0 unspecified atom stereocenters. The molecule has 0 fully saturated rings. The zero-order chi connectivity index (χ0) is 6.95. The quantitative estimate of drug-likeness (QED) is 0.399. The van der Waals surface area contributed by atoms with E-state index < -0.39 is 0 Å². The fourth-order valence-corrected chi connectivity index (χ4v) is 0.869. The molecule has 0 aromatic heterocycles. The van der Waals surface area contributed by atoms with E-state index in [4.69, 9.17) is 11.6 Å². The number of hydrogen-bond acceptors (Lipinski definition) is 0. The molecule has 0 bridgehead atoms. The molecule has 0 rings (SSSR count). The summed E-state index contributed by atoms with van der Waals surface area (Å²) >= 11 is 5.49. The van der Waals surface area contributed by atoms with Gasteiger partial charge in [0, 0.05) is 5.88 Å². The average Bonchev–Trinajstić information content (AvgIpc) is 1.89. The highest BCUT2D eigenvalue weighted by Gasteiger charge is 1.86. The largest absolute Gasteiger partial charge is 0.127 e. The first-order valence-electron chi connectivity index (χ1n) is 3.79. The van der Waals surface area contributed by atoms with Gasteiger partial charge >= 0.3 is 0 Å². The van der Waals surface area contributed by atoms with E-state index in [-0.39, 0.29) is 0 Å². The van der Waals surface area contributed by atoms with Crippen molar-refractivity contribution in [3.63, 3.8) is 0 Å². The second-order valence-electron chi connectivity index (χ2n) is 2.26. The van der Waals surface area contributed by atoms with Crippen LogP contribution in [0.3, 0.4) is 0 Å². The zero-order valence-corrected chi connectivity index (χ0v) is 6.95. The zero-order valence-electron chi connectivity index (χ0n) is 6.20. The van der Waals surface area contributed by atoms with Crippen molar-refractivity contribution >= 4 is 11.6 Å². The van der Waals surface area contributed by atoms with E-state index in [1.165, 1.54) is 25.7 Å². The van der Waals surface area contributed by atoms with Crippen molar-refractivity contribution in [1.29, 1.82) is 0 Å². The van der Waals surface area contributed by atoms with Crippen molar-refractivity contribution in [3.8, 4) is 0 Å². The normalized spacial score (nSPS) is 10.0. The molecule has 1 radical (unpaired) electrons. The SMILES string of the molecule is CCCC[CH]CCCCl. The molecule has 0 aliphatic heterocycles. The van der Waals surface area contributed by atoms with Gasteiger partial charge in [0.2, 0.25) is 0 Å². The van der Waals surface area contributed by atoms with Crippen LogP contribution in [0.15, 0.2) is 0 Å². The molecular weight excluding hydrogens is 132 g/mol. The maximum Gasteiger partial charge on any atom is 0.0223 e. The number of alkyl halides is 1. The Bertz CT molecular complexity index is 37.8. The Labute approximate surface area is 63.6 Å². The third-order valence-corrected chi connectivity index (χ3v) is 1.57. The summed E-state index contributed by atoms with van der Waals surface area (Å²) in [4.78, 5) is 0. The molecule has 9 heavy (non-hydrogen) atoms. The van der Waals surface area contributed by atoms with E-state index in [0.717, 1.165) is 12.3 Å². The molecule has 0 heterocycles. The van der Waals surface area contributed by atoms with Crippen LogP contribution in [0, 0.1) is 6.42 Å². The van der Waals surface area contributed by atoms with Gasteiger partial charge in [0.1, 0.15) is 0 Å². The van der Waals surface area contributed by atoms with Crippen LogP contribution in [-0.4, -0.2) is 5.88 Å². The average molecular weight is 148 g/mol. The Morgan fingerprint density at radius 3 is 2.44 bits per heavy atom. The van der Waals surface area contributed by atoms with Crippen molar-refractivity contribution in [2.75, 3.05) is 5.88 Å². The molecule has 55 valence electrons.